The molecule has 0 aliphatic heterocycles. The standard InChI is InChI=1S/C20H21BrClN3O4S/c1-3-8-28-17-6-4-13(21)10-15(17)19(27)23-20(30)25-24-18(26)11-29-16-7-5-14(22)9-12(16)2/h4-7,9-10H,3,8,11H2,1-2H3,(H,24,26)(H2,23,25,27,30). The van der Waals surface area contributed by atoms with Gasteiger partial charge in [-0.3, -0.25) is 25.8 Å². The van der Waals surface area contributed by atoms with Crippen LogP contribution in [0.2, 0.25) is 5.02 Å². The monoisotopic (exact) mass is 513 g/mol. The number of hydrogen-bond acceptors (Lipinski definition) is 5. The molecule has 30 heavy (non-hydrogen) atoms. The first-order valence-corrected chi connectivity index (χ1v) is 10.6. The molecule has 2 aromatic rings. The first kappa shape index (κ1) is 23.9. The first-order valence-electron chi connectivity index (χ1n) is 9.01. The van der Waals surface area contributed by atoms with Crippen molar-refractivity contribution in [1.29, 1.82) is 0 Å². The zero-order valence-electron chi connectivity index (χ0n) is 16.4. The molecule has 0 bridgehead atoms. The lowest BCUT2D eigenvalue weighted by Crippen LogP contribution is -2.49. The maximum Gasteiger partial charge on any atom is 0.276 e. The van der Waals surface area contributed by atoms with E-state index in [4.69, 9.17) is 33.3 Å². The van der Waals surface area contributed by atoms with Crippen LogP contribution in [0.3, 0.4) is 0 Å². The van der Waals surface area contributed by atoms with Crippen molar-refractivity contribution in [3.8, 4) is 11.5 Å². The summed E-state index contributed by atoms with van der Waals surface area (Å²) in [5.41, 5.74) is 5.95. The fourth-order valence-electron chi connectivity index (χ4n) is 2.30. The van der Waals surface area contributed by atoms with Crippen LogP contribution < -0.4 is 25.6 Å². The number of carbonyl (C=O) groups is 2. The van der Waals surface area contributed by atoms with Gasteiger partial charge in [-0.05, 0) is 67.5 Å². The van der Waals surface area contributed by atoms with Gasteiger partial charge in [-0.25, -0.2) is 0 Å². The Balaban J connectivity index is 1.84. The van der Waals surface area contributed by atoms with Gasteiger partial charge in [-0.15, -0.1) is 0 Å². The lowest BCUT2D eigenvalue weighted by molar-refractivity contribution is -0.123. The summed E-state index contributed by atoms with van der Waals surface area (Å²) in [7, 11) is 0. The molecule has 3 N–H and O–H groups in total. The van der Waals surface area contributed by atoms with Crippen molar-refractivity contribution >= 4 is 56.7 Å². The number of halogens is 2. The minimum atomic E-state index is -0.477. The van der Waals surface area contributed by atoms with E-state index in [-0.39, 0.29) is 11.7 Å². The van der Waals surface area contributed by atoms with Crippen molar-refractivity contribution in [1.82, 2.24) is 16.2 Å². The molecule has 0 aliphatic rings. The van der Waals surface area contributed by atoms with E-state index < -0.39 is 11.8 Å². The van der Waals surface area contributed by atoms with Crippen molar-refractivity contribution in [2.75, 3.05) is 13.2 Å². The molecule has 0 saturated carbocycles. The molecule has 2 rings (SSSR count). The average Bonchev–Trinajstić information content (AvgIpc) is 2.70. The lowest BCUT2D eigenvalue weighted by atomic mass is 10.2. The topological polar surface area (TPSA) is 88.7 Å². The van der Waals surface area contributed by atoms with Crippen LogP contribution in [0.5, 0.6) is 11.5 Å². The van der Waals surface area contributed by atoms with Crippen LogP contribution in [0, 0.1) is 6.92 Å². The predicted octanol–water partition coefficient (Wildman–Crippen LogP) is 3.91. The van der Waals surface area contributed by atoms with E-state index in [0.29, 0.717) is 28.7 Å². The fraction of sp³-hybridized carbons (Fsp3) is 0.250. The summed E-state index contributed by atoms with van der Waals surface area (Å²) in [6.07, 6.45) is 0.806. The molecule has 0 atom stereocenters. The Hall–Kier alpha value is -2.36. The number of hydrogen-bond donors (Lipinski definition) is 3. The highest BCUT2D eigenvalue weighted by Gasteiger charge is 2.15. The molecule has 160 valence electrons. The Labute approximate surface area is 193 Å². The lowest BCUT2D eigenvalue weighted by Gasteiger charge is -2.14. The van der Waals surface area contributed by atoms with E-state index in [1.165, 1.54) is 0 Å². The molecule has 2 amide bonds. The Morgan fingerprint density at radius 2 is 1.83 bits per heavy atom. The van der Waals surface area contributed by atoms with Gasteiger partial charge >= 0.3 is 0 Å². The summed E-state index contributed by atoms with van der Waals surface area (Å²) in [5.74, 6) is 0.0355. The van der Waals surface area contributed by atoms with Gasteiger partial charge in [0.2, 0.25) is 0 Å². The van der Waals surface area contributed by atoms with E-state index >= 15 is 0 Å². The maximum absolute atomic E-state index is 12.5. The third-order valence-electron chi connectivity index (χ3n) is 3.69. The van der Waals surface area contributed by atoms with Gasteiger partial charge in [0, 0.05) is 9.50 Å². The Morgan fingerprint density at radius 3 is 2.53 bits per heavy atom. The van der Waals surface area contributed by atoms with Gasteiger partial charge in [0.25, 0.3) is 11.8 Å². The molecular weight excluding hydrogens is 494 g/mol. The Morgan fingerprint density at radius 1 is 1.10 bits per heavy atom. The SMILES string of the molecule is CCCOc1ccc(Br)cc1C(=O)NC(=S)NNC(=O)COc1ccc(Cl)cc1C. The van der Waals surface area contributed by atoms with E-state index in [1.54, 1.807) is 36.4 Å². The zero-order chi connectivity index (χ0) is 22.1. The fourth-order valence-corrected chi connectivity index (χ4v) is 3.03. The van der Waals surface area contributed by atoms with Gasteiger partial charge in [0.05, 0.1) is 12.2 Å². The smallest absolute Gasteiger partial charge is 0.276 e. The largest absolute Gasteiger partial charge is 0.493 e. The molecule has 0 fully saturated rings. The maximum atomic E-state index is 12.5. The molecule has 0 aromatic heterocycles. The summed E-state index contributed by atoms with van der Waals surface area (Å²) < 4.78 is 11.8. The van der Waals surface area contributed by atoms with Crippen LogP contribution in [-0.4, -0.2) is 30.1 Å². The average molecular weight is 515 g/mol. The third-order valence-corrected chi connectivity index (χ3v) is 4.62. The number of hydrazine groups is 1. The second-order valence-corrected chi connectivity index (χ2v) is 7.90. The molecular formula is C20H21BrClN3O4S. The number of aryl methyl sites for hydroxylation is 1. The molecule has 0 aliphatic carbocycles. The van der Waals surface area contributed by atoms with Crippen LogP contribution >= 0.6 is 39.7 Å². The van der Waals surface area contributed by atoms with Crippen LogP contribution in [0.1, 0.15) is 29.3 Å². The molecule has 0 saturated heterocycles. The number of nitrogens with one attached hydrogen (secondary N) is 3. The Kier molecular flexibility index (Phi) is 9.35. The summed E-state index contributed by atoms with van der Waals surface area (Å²) in [6, 6.07) is 10.2. The van der Waals surface area contributed by atoms with Crippen molar-refractivity contribution in [3.05, 3.63) is 57.0 Å². The number of thiocarbonyl (C=S) groups is 1. The van der Waals surface area contributed by atoms with E-state index in [9.17, 15) is 9.59 Å². The highest BCUT2D eigenvalue weighted by Crippen LogP contribution is 2.23. The third kappa shape index (κ3) is 7.47. The zero-order valence-corrected chi connectivity index (χ0v) is 19.5. The summed E-state index contributed by atoms with van der Waals surface area (Å²) >= 11 is 14.3. The van der Waals surface area contributed by atoms with Gasteiger partial charge in [-0.1, -0.05) is 34.5 Å². The summed E-state index contributed by atoms with van der Waals surface area (Å²) in [6.45, 7) is 4.03. The van der Waals surface area contributed by atoms with Crippen LogP contribution in [0.15, 0.2) is 40.9 Å². The van der Waals surface area contributed by atoms with E-state index in [1.807, 2.05) is 13.8 Å². The van der Waals surface area contributed by atoms with Gasteiger partial charge < -0.3 is 9.47 Å². The van der Waals surface area contributed by atoms with Crippen molar-refractivity contribution in [3.63, 3.8) is 0 Å². The number of ether oxygens (including phenoxy) is 2. The summed E-state index contributed by atoms with van der Waals surface area (Å²) in [4.78, 5) is 24.5. The second kappa shape index (κ2) is 11.7. The quantitative estimate of drug-likeness (QED) is 0.383. The van der Waals surface area contributed by atoms with Crippen molar-refractivity contribution < 1.29 is 19.1 Å². The first-order chi connectivity index (χ1) is 14.3. The molecule has 0 radical (unpaired) electrons. The van der Waals surface area contributed by atoms with Crippen LogP contribution in [0.4, 0.5) is 0 Å². The Bertz CT molecular complexity index is 942. The number of rotatable bonds is 7. The highest BCUT2D eigenvalue weighted by atomic mass is 79.9. The predicted molar refractivity (Wildman–Crippen MR) is 123 cm³/mol. The normalized spacial score (nSPS) is 10.1. The van der Waals surface area contributed by atoms with Gasteiger partial charge in [0.1, 0.15) is 11.5 Å². The van der Waals surface area contributed by atoms with Gasteiger partial charge in [-0.2, -0.15) is 0 Å². The number of benzene rings is 2. The second-order valence-electron chi connectivity index (χ2n) is 6.14. The minimum absolute atomic E-state index is 0.0718. The van der Waals surface area contributed by atoms with E-state index in [0.717, 1.165) is 16.5 Å². The number of amides is 2. The van der Waals surface area contributed by atoms with Crippen molar-refractivity contribution in [2.24, 2.45) is 0 Å². The highest BCUT2D eigenvalue weighted by molar-refractivity contribution is 9.10. The van der Waals surface area contributed by atoms with Crippen molar-refractivity contribution in [2.45, 2.75) is 20.3 Å². The minimum Gasteiger partial charge on any atom is -0.493 e. The molecule has 2 aromatic carbocycles. The molecule has 0 heterocycles. The molecule has 0 spiro atoms. The molecule has 0 unspecified atom stereocenters. The summed E-state index contributed by atoms with van der Waals surface area (Å²) in [5, 5.41) is 3.01. The molecule has 10 heteroatoms. The molecule has 7 nitrogen and oxygen atoms in total. The van der Waals surface area contributed by atoms with Crippen LogP contribution in [-0.2, 0) is 4.79 Å². The number of carbonyl (C=O) groups excluding carboxylic acids is 2. The van der Waals surface area contributed by atoms with E-state index in [2.05, 4.69) is 32.1 Å². The van der Waals surface area contributed by atoms with Crippen LogP contribution in [0.25, 0.3) is 0 Å². The van der Waals surface area contributed by atoms with Gasteiger partial charge in [0.15, 0.2) is 11.7 Å².